The van der Waals surface area contributed by atoms with Crippen molar-refractivity contribution < 1.29 is 21.6 Å². The number of sulfone groups is 1. The molecule has 0 aliphatic carbocycles. The highest BCUT2D eigenvalue weighted by molar-refractivity contribution is 7.91. The van der Waals surface area contributed by atoms with Crippen LogP contribution in [0.1, 0.15) is 13.3 Å². The Bertz CT molecular complexity index is 623. The van der Waals surface area contributed by atoms with E-state index in [1.54, 1.807) is 6.92 Å². The molecule has 0 radical (unpaired) electrons. The van der Waals surface area contributed by atoms with Crippen molar-refractivity contribution in [2.75, 3.05) is 43.9 Å². The topological polar surface area (TPSA) is 104 Å². The Labute approximate surface area is 131 Å². The molecule has 2 aliphatic rings. The lowest BCUT2D eigenvalue weighted by Crippen LogP contribution is -2.55. The molecule has 2 fully saturated rings. The Balaban J connectivity index is 1.85. The first kappa shape index (κ1) is 17.6. The average molecular weight is 353 g/mol. The van der Waals surface area contributed by atoms with Gasteiger partial charge in [0.2, 0.25) is 15.9 Å². The summed E-state index contributed by atoms with van der Waals surface area (Å²) >= 11 is 0. The van der Waals surface area contributed by atoms with E-state index in [1.807, 2.05) is 4.90 Å². The number of rotatable bonds is 4. The van der Waals surface area contributed by atoms with Gasteiger partial charge in [-0.1, -0.05) is 0 Å². The number of nitrogens with zero attached hydrogens (tertiary/aromatic N) is 2. The molecule has 1 N–H and O–H groups in total. The van der Waals surface area contributed by atoms with E-state index in [2.05, 4.69) is 5.32 Å². The normalized spacial score (nSPS) is 28.4. The highest BCUT2D eigenvalue weighted by Crippen LogP contribution is 2.13. The molecule has 22 heavy (non-hydrogen) atoms. The van der Waals surface area contributed by atoms with Gasteiger partial charge in [-0.05, 0) is 13.3 Å². The second kappa shape index (κ2) is 6.42. The summed E-state index contributed by atoms with van der Waals surface area (Å²) in [5.74, 6) is -0.0675. The zero-order valence-corrected chi connectivity index (χ0v) is 14.5. The first-order valence-electron chi connectivity index (χ1n) is 7.28. The van der Waals surface area contributed by atoms with Crippen LogP contribution < -0.4 is 5.32 Å². The van der Waals surface area contributed by atoms with E-state index in [9.17, 15) is 21.6 Å². The van der Waals surface area contributed by atoms with Crippen LogP contribution in [0.15, 0.2) is 0 Å². The van der Waals surface area contributed by atoms with E-state index in [4.69, 9.17) is 0 Å². The van der Waals surface area contributed by atoms with Crippen molar-refractivity contribution in [1.82, 2.24) is 14.5 Å². The van der Waals surface area contributed by atoms with Gasteiger partial charge in [-0.2, -0.15) is 4.31 Å². The van der Waals surface area contributed by atoms with Crippen LogP contribution in [-0.2, 0) is 24.7 Å². The predicted molar refractivity (Wildman–Crippen MR) is 82.7 cm³/mol. The predicted octanol–water partition coefficient (Wildman–Crippen LogP) is -1.74. The molecule has 128 valence electrons. The number of carbonyl (C=O) groups excluding carboxylic acids is 1. The molecule has 0 unspecified atom stereocenters. The Kier molecular flexibility index (Phi) is 5.15. The van der Waals surface area contributed by atoms with Crippen LogP contribution in [0.5, 0.6) is 0 Å². The summed E-state index contributed by atoms with van der Waals surface area (Å²) in [5.41, 5.74) is 0. The fourth-order valence-electron chi connectivity index (χ4n) is 2.82. The molecule has 0 aromatic heterocycles. The molecule has 0 aromatic rings. The van der Waals surface area contributed by atoms with Crippen LogP contribution in [-0.4, -0.2) is 88.0 Å². The van der Waals surface area contributed by atoms with Gasteiger partial charge in [0.15, 0.2) is 9.84 Å². The van der Waals surface area contributed by atoms with Crippen LogP contribution >= 0.6 is 0 Å². The van der Waals surface area contributed by atoms with Gasteiger partial charge in [-0.3, -0.25) is 9.69 Å². The van der Waals surface area contributed by atoms with Gasteiger partial charge in [0.05, 0.1) is 23.8 Å². The van der Waals surface area contributed by atoms with Crippen molar-refractivity contribution in [3.8, 4) is 0 Å². The fourth-order valence-corrected chi connectivity index (χ4v) is 5.32. The van der Waals surface area contributed by atoms with Gasteiger partial charge in [0, 0.05) is 32.2 Å². The maximum atomic E-state index is 12.2. The molecular weight excluding hydrogens is 330 g/mol. The molecule has 1 amide bonds. The second-order valence-electron chi connectivity index (χ2n) is 5.98. The molecule has 8 nitrogen and oxygen atoms in total. The standard InChI is InChI=1S/C12H23N3O5S2/c1-10(12(16)13-11-3-8-22(19,20)9-11)14-4-6-15(7-5-14)21(2,17)18/h10-11H,3-9H2,1-2H3,(H,13,16)/t10-,11-/m1/s1. The average Bonchev–Trinajstić information content (AvgIpc) is 2.76. The van der Waals surface area contributed by atoms with Gasteiger partial charge in [-0.25, -0.2) is 16.8 Å². The lowest BCUT2D eigenvalue weighted by atomic mass is 10.2. The van der Waals surface area contributed by atoms with E-state index in [1.165, 1.54) is 10.6 Å². The van der Waals surface area contributed by atoms with Crippen LogP contribution in [0.4, 0.5) is 0 Å². The van der Waals surface area contributed by atoms with Crippen molar-refractivity contribution in [2.45, 2.75) is 25.4 Å². The molecule has 0 saturated carbocycles. The zero-order valence-electron chi connectivity index (χ0n) is 12.9. The van der Waals surface area contributed by atoms with Gasteiger partial charge >= 0.3 is 0 Å². The van der Waals surface area contributed by atoms with E-state index < -0.39 is 25.9 Å². The van der Waals surface area contributed by atoms with Crippen molar-refractivity contribution in [1.29, 1.82) is 0 Å². The van der Waals surface area contributed by atoms with Crippen LogP contribution in [0.2, 0.25) is 0 Å². The summed E-state index contributed by atoms with van der Waals surface area (Å²) < 4.78 is 47.1. The molecule has 0 aromatic carbocycles. The molecule has 2 aliphatic heterocycles. The third-order valence-corrected chi connectivity index (χ3v) is 7.32. The highest BCUT2D eigenvalue weighted by Gasteiger charge is 2.33. The quantitative estimate of drug-likeness (QED) is 0.643. The molecule has 2 atom stereocenters. The minimum atomic E-state index is -3.19. The smallest absolute Gasteiger partial charge is 0.237 e. The number of piperazine rings is 1. The summed E-state index contributed by atoms with van der Waals surface area (Å²) in [6.07, 6.45) is 1.64. The largest absolute Gasteiger partial charge is 0.351 e. The molecule has 2 rings (SSSR count). The maximum Gasteiger partial charge on any atom is 0.237 e. The Morgan fingerprint density at radius 3 is 2.27 bits per heavy atom. The zero-order chi connectivity index (χ0) is 16.5. The first-order valence-corrected chi connectivity index (χ1v) is 11.0. The second-order valence-corrected chi connectivity index (χ2v) is 10.2. The Morgan fingerprint density at radius 1 is 1.23 bits per heavy atom. The van der Waals surface area contributed by atoms with Crippen molar-refractivity contribution in [3.05, 3.63) is 0 Å². The molecule has 0 bridgehead atoms. The SMILES string of the molecule is C[C@H](C(=O)N[C@@H]1CCS(=O)(=O)C1)N1CCN(S(C)(=O)=O)CC1. The van der Waals surface area contributed by atoms with E-state index in [0.717, 1.165) is 0 Å². The number of hydrogen-bond donors (Lipinski definition) is 1. The number of amides is 1. The lowest BCUT2D eigenvalue weighted by molar-refractivity contribution is -0.126. The molecule has 0 spiro atoms. The van der Waals surface area contributed by atoms with E-state index in [-0.39, 0.29) is 23.5 Å². The third-order valence-electron chi connectivity index (χ3n) is 4.25. The molecule has 2 saturated heterocycles. The molecule has 10 heteroatoms. The first-order chi connectivity index (χ1) is 10.1. The summed E-state index contributed by atoms with van der Waals surface area (Å²) in [4.78, 5) is 14.1. The van der Waals surface area contributed by atoms with Crippen LogP contribution in [0.25, 0.3) is 0 Å². The van der Waals surface area contributed by atoms with Crippen LogP contribution in [0.3, 0.4) is 0 Å². The van der Waals surface area contributed by atoms with E-state index >= 15 is 0 Å². The summed E-state index contributed by atoms with van der Waals surface area (Å²) in [5, 5.41) is 2.78. The van der Waals surface area contributed by atoms with Gasteiger partial charge in [0.1, 0.15) is 0 Å². The monoisotopic (exact) mass is 353 g/mol. The van der Waals surface area contributed by atoms with Gasteiger partial charge in [0.25, 0.3) is 0 Å². The van der Waals surface area contributed by atoms with Crippen LogP contribution in [0, 0.1) is 0 Å². The van der Waals surface area contributed by atoms with Gasteiger partial charge in [-0.15, -0.1) is 0 Å². The number of carbonyl (C=O) groups is 1. The number of nitrogens with one attached hydrogen (secondary N) is 1. The Morgan fingerprint density at radius 2 is 1.82 bits per heavy atom. The minimum Gasteiger partial charge on any atom is -0.351 e. The summed E-state index contributed by atoms with van der Waals surface area (Å²) in [7, 11) is -6.20. The summed E-state index contributed by atoms with van der Waals surface area (Å²) in [6.45, 7) is 3.48. The highest BCUT2D eigenvalue weighted by atomic mass is 32.2. The Hall–Kier alpha value is -0.710. The third kappa shape index (κ3) is 4.40. The molecular formula is C12H23N3O5S2. The maximum absolute atomic E-state index is 12.2. The minimum absolute atomic E-state index is 0.00726. The van der Waals surface area contributed by atoms with Crippen molar-refractivity contribution >= 4 is 25.8 Å². The molecule has 2 heterocycles. The van der Waals surface area contributed by atoms with Crippen molar-refractivity contribution in [2.24, 2.45) is 0 Å². The number of sulfonamides is 1. The lowest BCUT2D eigenvalue weighted by Gasteiger charge is -2.36. The number of hydrogen-bond acceptors (Lipinski definition) is 6. The van der Waals surface area contributed by atoms with Crippen molar-refractivity contribution in [3.63, 3.8) is 0 Å². The van der Waals surface area contributed by atoms with Gasteiger partial charge < -0.3 is 5.32 Å². The fraction of sp³-hybridized carbons (Fsp3) is 0.917. The summed E-state index contributed by atoms with van der Waals surface area (Å²) in [6, 6.07) is -0.706. The van der Waals surface area contributed by atoms with E-state index in [0.29, 0.717) is 32.6 Å².